The van der Waals surface area contributed by atoms with Crippen LogP contribution in [0.15, 0.2) is 24.3 Å². The lowest BCUT2D eigenvalue weighted by molar-refractivity contribution is 0.00433. The average molecular weight is 447 g/mol. The van der Waals surface area contributed by atoms with E-state index in [2.05, 4.69) is 19.9 Å². The van der Waals surface area contributed by atoms with Gasteiger partial charge in [-0.05, 0) is 57.6 Å². The first-order valence-electron chi connectivity index (χ1n) is 11.6. The van der Waals surface area contributed by atoms with Gasteiger partial charge in [-0.25, -0.2) is 13.4 Å². The quantitative estimate of drug-likeness (QED) is 0.555. The van der Waals surface area contributed by atoms with Crippen LogP contribution in [-0.2, 0) is 21.4 Å². The molecule has 170 valence electrons. The van der Waals surface area contributed by atoms with Gasteiger partial charge in [-0.15, -0.1) is 0 Å². The minimum absolute atomic E-state index is 0.145. The molecule has 1 aliphatic heterocycles. The summed E-state index contributed by atoms with van der Waals surface area (Å²) in [7, 11) is -3.03. The molecule has 4 rings (SSSR count). The number of nitrogens with zero attached hydrogens (tertiary/aromatic N) is 2. The molecule has 0 amide bonds. The summed E-state index contributed by atoms with van der Waals surface area (Å²) >= 11 is 0. The number of sulfonamides is 1. The van der Waals surface area contributed by atoms with Gasteiger partial charge in [0.15, 0.2) is 0 Å². The Morgan fingerprint density at radius 2 is 1.94 bits per heavy atom. The van der Waals surface area contributed by atoms with Crippen molar-refractivity contribution in [2.75, 3.05) is 18.9 Å². The molecule has 1 saturated heterocycles. The van der Waals surface area contributed by atoms with E-state index in [1.54, 1.807) is 4.31 Å². The lowest BCUT2D eigenvalue weighted by atomic mass is 9.93. The second-order valence-corrected chi connectivity index (χ2v) is 10.8. The zero-order valence-electron chi connectivity index (χ0n) is 18.7. The van der Waals surface area contributed by atoms with Gasteiger partial charge in [-0.1, -0.05) is 25.5 Å². The van der Waals surface area contributed by atoms with E-state index in [4.69, 9.17) is 14.5 Å². The Morgan fingerprint density at radius 1 is 1.16 bits per heavy atom. The highest BCUT2D eigenvalue weighted by atomic mass is 32.2. The SMILES string of the molecule is CCCCOc1c(C)c(COC2CCC(N3CCCS3(=O)=O)CC2)nc2ccccc12. The largest absolute Gasteiger partial charge is 0.493 e. The second kappa shape index (κ2) is 9.84. The fourth-order valence-electron chi connectivity index (χ4n) is 4.74. The molecule has 2 aromatic rings. The van der Waals surface area contributed by atoms with Crippen LogP contribution in [-0.4, -0.2) is 48.8 Å². The topological polar surface area (TPSA) is 68.7 Å². The van der Waals surface area contributed by atoms with Crippen LogP contribution >= 0.6 is 0 Å². The molecule has 6 nitrogen and oxygen atoms in total. The molecule has 1 aromatic heterocycles. The summed E-state index contributed by atoms with van der Waals surface area (Å²) in [5.41, 5.74) is 2.90. The van der Waals surface area contributed by atoms with E-state index < -0.39 is 10.0 Å². The third-order valence-corrected chi connectivity index (χ3v) is 8.57. The predicted octanol–water partition coefficient (Wildman–Crippen LogP) is 4.59. The number of fused-ring (bicyclic) bond motifs is 1. The molecule has 1 aliphatic carbocycles. The van der Waals surface area contributed by atoms with Crippen LogP contribution in [0.25, 0.3) is 10.9 Å². The van der Waals surface area contributed by atoms with Gasteiger partial charge in [0, 0.05) is 23.5 Å². The Bertz CT molecular complexity index is 1000. The Labute approximate surface area is 186 Å². The predicted molar refractivity (Wildman–Crippen MR) is 123 cm³/mol. The lowest BCUT2D eigenvalue weighted by Gasteiger charge is -2.33. The maximum absolute atomic E-state index is 12.2. The van der Waals surface area contributed by atoms with E-state index >= 15 is 0 Å². The molecular weight excluding hydrogens is 412 g/mol. The number of unbranched alkanes of at least 4 members (excludes halogenated alkanes) is 1. The van der Waals surface area contributed by atoms with Crippen molar-refractivity contribution in [3.8, 4) is 5.75 Å². The average Bonchev–Trinajstić information content (AvgIpc) is 3.13. The van der Waals surface area contributed by atoms with Crippen LogP contribution in [0.1, 0.15) is 63.1 Å². The monoisotopic (exact) mass is 446 g/mol. The van der Waals surface area contributed by atoms with Crippen molar-refractivity contribution in [2.24, 2.45) is 0 Å². The highest BCUT2D eigenvalue weighted by Gasteiger charge is 2.36. The number of benzene rings is 1. The van der Waals surface area contributed by atoms with Gasteiger partial charge in [0.25, 0.3) is 0 Å². The molecule has 31 heavy (non-hydrogen) atoms. The number of hydrogen-bond acceptors (Lipinski definition) is 5. The normalized spacial score (nSPS) is 23.9. The molecule has 0 radical (unpaired) electrons. The van der Waals surface area contributed by atoms with Crippen molar-refractivity contribution in [2.45, 2.75) is 77.5 Å². The van der Waals surface area contributed by atoms with Gasteiger partial charge >= 0.3 is 0 Å². The van der Waals surface area contributed by atoms with Crippen LogP contribution in [0.2, 0.25) is 0 Å². The molecule has 0 atom stereocenters. The summed E-state index contributed by atoms with van der Waals surface area (Å²) in [5, 5.41) is 1.05. The van der Waals surface area contributed by atoms with Crippen molar-refractivity contribution in [3.63, 3.8) is 0 Å². The van der Waals surface area contributed by atoms with Crippen LogP contribution in [0, 0.1) is 6.92 Å². The fraction of sp³-hybridized carbons (Fsp3) is 0.625. The maximum atomic E-state index is 12.2. The Morgan fingerprint density at radius 3 is 2.65 bits per heavy atom. The Hall–Kier alpha value is -1.70. The number of rotatable bonds is 8. The third-order valence-electron chi connectivity index (χ3n) is 6.57. The second-order valence-electron chi connectivity index (χ2n) is 8.75. The van der Waals surface area contributed by atoms with Crippen LogP contribution in [0.4, 0.5) is 0 Å². The number of ether oxygens (including phenoxy) is 2. The molecule has 2 fully saturated rings. The van der Waals surface area contributed by atoms with Crippen molar-refractivity contribution in [3.05, 3.63) is 35.5 Å². The van der Waals surface area contributed by atoms with Crippen molar-refractivity contribution in [1.82, 2.24) is 9.29 Å². The molecule has 1 aromatic carbocycles. The molecule has 2 heterocycles. The molecular formula is C24H34N2O4S. The molecule has 7 heteroatoms. The first kappa shape index (κ1) is 22.5. The summed E-state index contributed by atoms with van der Waals surface area (Å²) in [5.74, 6) is 1.22. The maximum Gasteiger partial charge on any atom is 0.214 e. The summed E-state index contributed by atoms with van der Waals surface area (Å²) < 4.78 is 38.5. The fourth-order valence-corrected chi connectivity index (χ4v) is 6.54. The van der Waals surface area contributed by atoms with Gasteiger partial charge in [0.2, 0.25) is 10.0 Å². The smallest absolute Gasteiger partial charge is 0.214 e. The summed E-state index contributed by atoms with van der Waals surface area (Å²) in [6.07, 6.45) is 6.57. The molecule has 0 unspecified atom stereocenters. The Balaban J connectivity index is 1.41. The standard InChI is InChI=1S/C24H34N2O4S/c1-3-4-15-29-24-18(2)23(25-22-9-6-5-8-21(22)24)17-30-20-12-10-19(11-13-20)26-14-7-16-31(26,27)28/h5-6,8-9,19-20H,3-4,7,10-17H2,1-2H3. The number of hydrogen-bond donors (Lipinski definition) is 0. The molecule has 1 saturated carbocycles. The summed E-state index contributed by atoms with van der Waals surface area (Å²) in [6.45, 7) is 6.06. The first-order chi connectivity index (χ1) is 15.0. The van der Waals surface area contributed by atoms with E-state index in [-0.39, 0.29) is 12.1 Å². The molecule has 0 N–H and O–H groups in total. The van der Waals surface area contributed by atoms with Gasteiger partial charge in [0.05, 0.1) is 36.3 Å². The van der Waals surface area contributed by atoms with Crippen LogP contribution < -0.4 is 4.74 Å². The highest BCUT2D eigenvalue weighted by molar-refractivity contribution is 7.89. The van der Waals surface area contributed by atoms with Gasteiger partial charge in [0.1, 0.15) is 5.75 Å². The van der Waals surface area contributed by atoms with Crippen molar-refractivity contribution in [1.29, 1.82) is 0 Å². The number of pyridine rings is 1. The first-order valence-corrected chi connectivity index (χ1v) is 13.2. The summed E-state index contributed by atoms with van der Waals surface area (Å²) in [4.78, 5) is 4.85. The minimum atomic E-state index is -3.03. The zero-order valence-corrected chi connectivity index (χ0v) is 19.5. The minimum Gasteiger partial charge on any atom is -0.493 e. The van der Waals surface area contributed by atoms with Crippen molar-refractivity contribution >= 4 is 20.9 Å². The molecule has 2 aliphatic rings. The van der Waals surface area contributed by atoms with Crippen molar-refractivity contribution < 1.29 is 17.9 Å². The van der Waals surface area contributed by atoms with Crippen LogP contribution in [0.5, 0.6) is 5.75 Å². The number of aromatic nitrogens is 1. The van der Waals surface area contributed by atoms with E-state index in [9.17, 15) is 8.42 Å². The molecule has 0 spiro atoms. The highest BCUT2D eigenvalue weighted by Crippen LogP contribution is 2.33. The van der Waals surface area contributed by atoms with Gasteiger partial charge < -0.3 is 9.47 Å². The van der Waals surface area contributed by atoms with Gasteiger partial charge in [-0.3, -0.25) is 0 Å². The van der Waals surface area contributed by atoms with Crippen LogP contribution in [0.3, 0.4) is 0 Å². The van der Waals surface area contributed by atoms with E-state index in [1.165, 1.54) is 0 Å². The Kier molecular flexibility index (Phi) is 7.14. The number of para-hydroxylation sites is 1. The van der Waals surface area contributed by atoms with E-state index in [1.807, 2.05) is 18.2 Å². The third kappa shape index (κ3) is 5.04. The molecule has 0 bridgehead atoms. The van der Waals surface area contributed by atoms with E-state index in [0.29, 0.717) is 25.5 Å². The zero-order chi connectivity index (χ0) is 21.8. The summed E-state index contributed by atoms with van der Waals surface area (Å²) in [6, 6.07) is 8.25. The lowest BCUT2D eigenvalue weighted by Crippen LogP contribution is -2.40. The van der Waals surface area contributed by atoms with E-state index in [0.717, 1.165) is 72.9 Å². The van der Waals surface area contributed by atoms with Gasteiger partial charge in [-0.2, -0.15) is 4.31 Å².